The number of benzene rings is 2. The number of hydrogen-bond donors (Lipinski definition) is 1. The second-order valence-electron chi connectivity index (χ2n) is 8.08. The molecule has 0 aliphatic rings. The Labute approximate surface area is 179 Å². The molecule has 2 aromatic carbocycles. The van der Waals surface area contributed by atoms with Gasteiger partial charge in [-0.05, 0) is 44.9 Å². The molecule has 0 aliphatic carbocycles. The fraction of sp³-hybridized carbons (Fsp3) is 0.417. The molecule has 2 amide bonds. The maximum Gasteiger partial charge on any atom is 0.243 e. The predicted octanol–water partition coefficient (Wildman–Crippen LogP) is 4.89. The van der Waals surface area contributed by atoms with Crippen molar-refractivity contribution in [3.63, 3.8) is 0 Å². The van der Waals surface area contributed by atoms with E-state index < -0.39 is 6.04 Å². The average Bonchev–Trinajstić information content (AvgIpc) is 2.68. The van der Waals surface area contributed by atoms with E-state index in [1.165, 1.54) is 0 Å². The zero-order valence-electron chi connectivity index (χ0n) is 17.9. The minimum atomic E-state index is -0.483. The number of thioether (sulfide) groups is 1. The van der Waals surface area contributed by atoms with E-state index in [4.69, 9.17) is 0 Å². The number of carbonyl (C=O) groups excluding carboxylic acids is 2. The second-order valence-corrected chi connectivity index (χ2v) is 9.25. The van der Waals surface area contributed by atoms with E-state index in [-0.39, 0.29) is 17.4 Å². The van der Waals surface area contributed by atoms with E-state index in [0.717, 1.165) is 10.5 Å². The van der Waals surface area contributed by atoms with Crippen molar-refractivity contribution in [2.45, 2.75) is 63.6 Å². The molecular formula is C24H32N2O2S. The molecule has 0 spiro atoms. The zero-order valence-corrected chi connectivity index (χ0v) is 18.7. The summed E-state index contributed by atoms with van der Waals surface area (Å²) < 4.78 is 0. The summed E-state index contributed by atoms with van der Waals surface area (Å²) in [5.74, 6) is 0.596. The van der Waals surface area contributed by atoms with Crippen LogP contribution in [0.25, 0.3) is 0 Å². The molecule has 0 bridgehead atoms. The third kappa shape index (κ3) is 7.94. The van der Waals surface area contributed by atoms with Crippen LogP contribution in [0.4, 0.5) is 0 Å². The Bertz CT molecular complexity index is 772. The summed E-state index contributed by atoms with van der Waals surface area (Å²) in [7, 11) is 0. The Morgan fingerprint density at radius 2 is 1.59 bits per heavy atom. The van der Waals surface area contributed by atoms with Crippen molar-refractivity contribution >= 4 is 23.6 Å². The van der Waals surface area contributed by atoms with Gasteiger partial charge in [0.05, 0.1) is 0 Å². The van der Waals surface area contributed by atoms with Crippen LogP contribution in [0.2, 0.25) is 0 Å². The molecule has 0 unspecified atom stereocenters. The molecule has 0 saturated heterocycles. The molecule has 2 aromatic rings. The van der Waals surface area contributed by atoms with Crippen LogP contribution in [0.3, 0.4) is 0 Å². The first-order valence-corrected chi connectivity index (χ1v) is 11.1. The minimum absolute atomic E-state index is 0.00759. The van der Waals surface area contributed by atoms with Gasteiger partial charge in [-0.2, -0.15) is 0 Å². The van der Waals surface area contributed by atoms with Gasteiger partial charge in [0.1, 0.15) is 6.04 Å². The van der Waals surface area contributed by atoms with Crippen LogP contribution in [-0.2, 0) is 16.1 Å². The molecule has 5 heteroatoms. The molecular weight excluding hydrogens is 380 g/mol. The second kappa shape index (κ2) is 11.1. The first kappa shape index (κ1) is 23.0. The molecule has 156 valence electrons. The van der Waals surface area contributed by atoms with Gasteiger partial charge in [0, 0.05) is 29.2 Å². The van der Waals surface area contributed by atoms with Gasteiger partial charge in [-0.15, -0.1) is 11.8 Å². The molecule has 1 atom stereocenters. The summed E-state index contributed by atoms with van der Waals surface area (Å²) in [4.78, 5) is 28.9. The van der Waals surface area contributed by atoms with Crippen LogP contribution in [0, 0.1) is 0 Å². The number of amides is 2. The predicted molar refractivity (Wildman–Crippen MR) is 121 cm³/mol. The number of nitrogens with zero attached hydrogens (tertiary/aromatic N) is 1. The number of hydrogen-bond acceptors (Lipinski definition) is 3. The first-order valence-electron chi connectivity index (χ1n) is 10.1. The first-order chi connectivity index (χ1) is 13.8. The molecule has 1 N–H and O–H groups in total. The SMILES string of the molecule is CC[C@H](C(=O)NC(C)(C)C)N(Cc1ccccc1)C(=O)CCSc1ccccc1. The maximum atomic E-state index is 13.1. The molecule has 4 nitrogen and oxygen atoms in total. The lowest BCUT2D eigenvalue weighted by atomic mass is 10.1. The quantitative estimate of drug-likeness (QED) is 0.597. The highest BCUT2D eigenvalue weighted by Crippen LogP contribution is 2.20. The number of carbonyl (C=O) groups is 2. The molecule has 0 saturated carbocycles. The summed E-state index contributed by atoms with van der Waals surface area (Å²) in [6.07, 6.45) is 0.970. The summed E-state index contributed by atoms with van der Waals surface area (Å²) in [5, 5.41) is 3.04. The third-order valence-electron chi connectivity index (χ3n) is 4.41. The molecule has 0 radical (unpaired) electrons. The highest BCUT2D eigenvalue weighted by molar-refractivity contribution is 7.99. The minimum Gasteiger partial charge on any atom is -0.350 e. The van der Waals surface area contributed by atoms with Crippen LogP contribution in [0.5, 0.6) is 0 Å². The van der Waals surface area contributed by atoms with Gasteiger partial charge < -0.3 is 10.2 Å². The fourth-order valence-electron chi connectivity index (χ4n) is 3.07. The molecule has 29 heavy (non-hydrogen) atoms. The van der Waals surface area contributed by atoms with Crippen molar-refractivity contribution in [1.82, 2.24) is 10.2 Å². The Kier molecular flexibility index (Phi) is 8.77. The normalized spacial score (nSPS) is 12.3. The van der Waals surface area contributed by atoms with Gasteiger partial charge in [-0.3, -0.25) is 9.59 Å². The van der Waals surface area contributed by atoms with Gasteiger partial charge in [0.25, 0.3) is 0 Å². The molecule has 0 aromatic heterocycles. The van der Waals surface area contributed by atoms with E-state index in [2.05, 4.69) is 5.32 Å². The van der Waals surface area contributed by atoms with Gasteiger partial charge in [0.2, 0.25) is 11.8 Å². The average molecular weight is 413 g/mol. The monoisotopic (exact) mass is 412 g/mol. The van der Waals surface area contributed by atoms with Gasteiger partial charge in [-0.25, -0.2) is 0 Å². The van der Waals surface area contributed by atoms with Crippen molar-refractivity contribution < 1.29 is 9.59 Å². The lowest BCUT2D eigenvalue weighted by Gasteiger charge is -2.33. The Morgan fingerprint density at radius 1 is 1.00 bits per heavy atom. The number of rotatable bonds is 9. The Morgan fingerprint density at radius 3 is 2.14 bits per heavy atom. The summed E-state index contributed by atoms with van der Waals surface area (Å²) >= 11 is 1.66. The van der Waals surface area contributed by atoms with Crippen LogP contribution < -0.4 is 5.32 Å². The van der Waals surface area contributed by atoms with Crippen LogP contribution in [0.1, 0.15) is 46.1 Å². The van der Waals surface area contributed by atoms with E-state index in [1.807, 2.05) is 88.4 Å². The number of nitrogens with one attached hydrogen (secondary N) is 1. The zero-order chi connectivity index (χ0) is 21.3. The van der Waals surface area contributed by atoms with Gasteiger partial charge in [0.15, 0.2) is 0 Å². The van der Waals surface area contributed by atoms with E-state index in [9.17, 15) is 9.59 Å². The third-order valence-corrected chi connectivity index (χ3v) is 5.42. The van der Waals surface area contributed by atoms with Crippen LogP contribution in [-0.4, -0.2) is 34.0 Å². The smallest absolute Gasteiger partial charge is 0.243 e. The van der Waals surface area contributed by atoms with E-state index >= 15 is 0 Å². The van der Waals surface area contributed by atoms with Crippen molar-refractivity contribution in [3.8, 4) is 0 Å². The lowest BCUT2D eigenvalue weighted by Crippen LogP contribution is -2.53. The molecule has 0 fully saturated rings. The van der Waals surface area contributed by atoms with Crippen molar-refractivity contribution in [3.05, 3.63) is 66.2 Å². The van der Waals surface area contributed by atoms with Crippen LogP contribution in [0.15, 0.2) is 65.6 Å². The van der Waals surface area contributed by atoms with Crippen molar-refractivity contribution in [2.24, 2.45) is 0 Å². The molecule has 0 aliphatic heterocycles. The summed E-state index contributed by atoms with van der Waals surface area (Å²) in [6.45, 7) is 8.26. The van der Waals surface area contributed by atoms with Crippen molar-refractivity contribution in [2.75, 3.05) is 5.75 Å². The Hall–Kier alpha value is -2.27. The lowest BCUT2D eigenvalue weighted by molar-refractivity contribution is -0.141. The summed E-state index contributed by atoms with van der Waals surface area (Å²) in [5.41, 5.74) is 0.688. The van der Waals surface area contributed by atoms with Gasteiger partial charge in [-0.1, -0.05) is 55.5 Å². The maximum absolute atomic E-state index is 13.1. The van der Waals surface area contributed by atoms with Crippen molar-refractivity contribution in [1.29, 1.82) is 0 Å². The fourth-order valence-corrected chi connectivity index (χ4v) is 3.93. The Balaban J connectivity index is 2.11. The topological polar surface area (TPSA) is 49.4 Å². The van der Waals surface area contributed by atoms with E-state index in [1.54, 1.807) is 16.7 Å². The van der Waals surface area contributed by atoms with Gasteiger partial charge >= 0.3 is 0 Å². The molecule has 2 rings (SSSR count). The van der Waals surface area contributed by atoms with Crippen LogP contribution >= 0.6 is 11.8 Å². The largest absolute Gasteiger partial charge is 0.350 e. The molecule has 0 heterocycles. The highest BCUT2D eigenvalue weighted by atomic mass is 32.2. The van der Waals surface area contributed by atoms with E-state index in [0.29, 0.717) is 25.1 Å². The summed E-state index contributed by atoms with van der Waals surface area (Å²) in [6, 6.07) is 19.4. The highest BCUT2D eigenvalue weighted by Gasteiger charge is 2.30. The standard InChI is InChI=1S/C24H32N2O2S/c1-5-21(23(28)25-24(2,3)4)26(18-19-12-8-6-9-13-19)22(27)16-17-29-20-14-10-7-11-15-20/h6-15,21H,5,16-18H2,1-4H3,(H,25,28)/t21-/m1/s1.